The van der Waals surface area contributed by atoms with E-state index in [4.69, 9.17) is 19.2 Å². The van der Waals surface area contributed by atoms with E-state index in [2.05, 4.69) is 0 Å². The molecule has 9 heteroatoms. The topological polar surface area (TPSA) is 86.2 Å². The molecule has 0 aliphatic heterocycles. The van der Waals surface area contributed by atoms with Gasteiger partial charge in [0.15, 0.2) is 0 Å². The monoisotopic (exact) mass is 251 g/mol. The summed E-state index contributed by atoms with van der Waals surface area (Å²) in [7, 11) is -5.39. The Morgan fingerprint density at radius 2 is 1.11 bits per heavy atom. The van der Waals surface area contributed by atoms with E-state index in [0.717, 1.165) is 0 Å². The molecule has 0 aromatic rings. The third-order valence-electron chi connectivity index (χ3n) is 0. The van der Waals surface area contributed by atoms with Gasteiger partial charge in [0.1, 0.15) is 0 Å². The van der Waals surface area contributed by atoms with Gasteiger partial charge in [-0.2, -0.15) is 7.82 Å². The zero-order valence-electron chi connectivity index (χ0n) is 4.66. The molecule has 0 aliphatic rings. The summed E-state index contributed by atoms with van der Waals surface area (Å²) >= 11 is 0. The molecular formula is AlGeLiO4PTi+7. The molecular weight excluding hydrogens is 249 g/mol. The number of phosphoric acid groups is 1. The van der Waals surface area contributed by atoms with Crippen molar-refractivity contribution >= 4 is 42.8 Å². The molecule has 0 rings (SSSR count). The molecule has 0 aromatic carbocycles. The average molecular weight is 249 g/mol. The summed E-state index contributed by atoms with van der Waals surface area (Å²) in [5.74, 6) is 0. The molecule has 0 amide bonds. The first-order chi connectivity index (χ1) is 2.00. The van der Waals surface area contributed by atoms with E-state index in [1.807, 2.05) is 0 Å². The minimum absolute atomic E-state index is 0. The normalized spacial score (nSPS) is 6.56. The second-order valence-electron chi connectivity index (χ2n) is 0.447. The second kappa shape index (κ2) is 13.1. The fourth-order valence-corrected chi connectivity index (χ4v) is 0. The molecule has 0 atom stereocenters. The summed E-state index contributed by atoms with van der Waals surface area (Å²) < 4.78 is 8.55. The predicted octanol–water partition coefficient (Wildman–Crippen LogP) is -6.58. The van der Waals surface area contributed by atoms with E-state index in [-0.39, 0.29) is 75.5 Å². The van der Waals surface area contributed by atoms with E-state index >= 15 is 0 Å². The van der Waals surface area contributed by atoms with Crippen molar-refractivity contribution in [1.29, 1.82) is 0 Å². The van der Waals surface area contributed by atoms with E-state index < -0.39 is 7.82 Å². The fourth-order valence-electron chi connectivity index (χ4n) is 0. The Morgan fingerprint density at radius 3 is 1.11 bits per heavy atom. The summed E-state index contributed by atoms with van der Waals surface area (Å²) in [6, 6.07) is 0. The number of rotatable bonds is 0. The van der Waals surface area contributed by atoms with Crippen molar-refractivity contribution in [3.8, 4) is 0 Å². The molecule has 0 aliphatic carbocycles. The Kier molecular flexibility index (Phi) is 43.7. The Labute approximate surface area is 102 Å². The molecule has 34 valence electrons. The Balaban J connectivity index is -0.0000000133. The van der Waals surface area contributed by atoms with Crippen LogP contribution in [0.3, 0.4) is 0 Å². The Morgan fingerprint density at radius 1 is 1.11 bits per heavy atom. The van der Waals surface area contributed by atoms with Crippen molar-refractivity contribution in [3.05, 3.63) is 0 Å². The quantitative estimate of drug-likeness (QED) is 0.315. The zero-order chi connectivity index (χ0) is 4.50. The van der Waals surface area contributed by atoms with Crippen molar-refractivity contribution in [1.82, 2.24) is 0 Å². The van der Waals surface area contributed by atoms with Gasteiger partial charge in [0.2, 0.25) is 0 Å². The van der Waals surface area contributed by atoms with Gasteiger partial charge < -0.3 is 19.2 Å². The Hall–Kier alpha value is 2.50. The van der Waals surface area contributed by atoms with Gasteiger partial charge in [0.05, 0.1) is 0 Å². The van der Waals surface area contributed by atoms with Crippen LogP contribution < -0.4 is 33.5 Å². The van der Waals surface area contributed by atoms with Crippen LogP contribution >= 0.6 is 7.82 Å². The summed E-state index contributed by atoms with van der Waals surface area (Å²) in [5, 5.41) is 0. The summed E-state index contributed by atoms with van der Waals surface area (Å²) in [6.45, 7) is 0. The van der Waals surface area contributed by atoms with Gasteiger partial charge in [-0.1, -0.05) is 0 Å². The molecule has 0 unspecified atom stereocenters. The van der Waals surface area contributed by atoms with Crippen molar-refractivity contribution in [2.75, 3.05) is 0 Å². The van der Waals surface area contributed by atoms with E-state index in [0.29, 0.717) is 0 Å². The molecule has 0 N–H and O–H groups in total. The van der Waals surface area contributed by atoms with Crippen LogP contribution in [0.25, 0.3) is 0 Å². The van der Waals surface area contributed by atoms with E-state index in [9.17, 15) is 0 Å². The van der Waals surface area contributed by atoms with Crippen molar-refractivity contribution in [3.63, 3.8) is 0 Å². The third-order valence-corrected chi connectivity index (χ3v) is 0. The van der Waals surface area contributed by atoms with Crippen LogP contribution in [0.4, 0.5) is 0 Å². The second-order valence-corrected chi connectivity index (χ2v) is 1.34. The summed E-state index contributed by atoms with van der Waals surface area (Å²) in [6.07, 6.45) is 0. The SMILES string of the molecule is O=P([O-])([O-])[O-].[Al+3].[Ge+2].[Li+].[Ti+4]. The van der Waals surface area contributed by atoms with Crippen LogP contribution in [0.5, 0.6) is 0 Å². The van der Waals surface area contributed by atoms with Crippen LogP contribution in [0.15, 0.2) is 0 Å². The van der Waals surface area contributed by atoms with E-state index in [1.165, 1.54) is 0 Å². The van der Waals surface area contributed by atoms with Crippen LogP contribution in [0.1, 0.15) is 0 Å². The molecule has 0 spiro atoms. The van der Waals surface area contributed by atoms with Gasteiger partial charge in [-0.15, -0.1) is 0 Å². The van der Waals surface area contributed by atoms with E-state index in [1.54, 1.807) is 0 Å². The summed E-state index contributed by atoms with van der Waals surface area (Å²) in [4.78, 5) is 25.6. The van der Waals surface area contributed by atoms with Gasteiger partial charge in [-0.3, -0.25) is 0 Å². The predicted molar refractivity (Wildman–Crippen MR) is 19.1 cm³/mol. The first-order valence-corrected chi connectivity index (χ1v) is 2.19. The van der Waals surface area contributed by atoms with Gasteiger partial charge >= 0.3 is 75.5 Å². The zero-order valence-corrected chi connectivity index (χ0v) is 10.4. The summed E-state index contributed by atoms with van der Waals surface area (Å²) in [5.41, 5.74) is 0. The maximum absolute atomic E-state index is 8.55. The molecule has 2 radical (unpaired) electrons. The first kappa shape index (κ1) is 30.0. The van der Waals surface area contributed by atoms with Crippen molar-refractivity contribution < 1.29 is 59.8 Å². The molecule has 0 saturated carbocycles. The molecule has 0 saturated heterocycles. The van der Waals surface area contributed by atoms with Gasteiger partial charge in [-0.05, 0) is 0 Å². The smallest absolute Gasteiger partial charge is 0.822 e. The molecule has 9 heavy (non-hydrogen) atoms. The van der Waals surface area contributed by atoms with Gasteiger partial charge in [0, 0.05) is 0 Å². The number of hydrogen-bond donors (Lipinski definition) is 0. The third kappa shape index (κ3) is 122. The number of hydrogen-bond acceptors (Lipinski definition) is 4. The molecule has 4 nitrogen and oxygen atoms in total. The van der Waals surface area contributed by atoms with Crippen molar-refractivity contribution in [2.24, 2.45) is 0 Å². The van der Waals surface area contributed by atoms with Crippen LogP contribution in [-0.2, 0) is 26.3 Å². The minimum atomic E-state index is -5.39. The maximum Gasteiger partial charge on any atom is 4.00 e. The molecule has 0 bridgehead atoms. The van der Waals surface area contributed by atoms with Crippen molar-refractivity contribution in [2.45, 2.75) is 0 Å². The standard InChI is InChI=1S/Al.Ge.Li.H3O4P.Ti/c;;;1-5(2,3)4;/h;;;(H3,1,2,3,4);/q+3;+2;+1;;+4/p-3. The largest absolute Gasteiger partial charge is 4.00 e. The molecule has 0 heterocycles. The van der Waals surface area contributed by atoms with Gasteiger partial charge in [-0.25, -0.2) is 0 Å². The first-order valence-electron chi connectivity index (χ1n) is 0.730. The molecule has 0 fully saturated rings. The van der Waals surface area contributed by atoms with Crippen LogP contribution in [-0.4, -0.2) is 35.0 Å². The van der Waals surface area contributed by atoms with Crippen LogP contribution in [0.2, 0.25) is 0 Å². The molecule has 0 aromatic heterocycles. The van der Waals surface area contributed by atoms with Gasteiger partial charge in [0.25, 0.3) is 0 Å². The average Bonchev–Trinajstić information content (AvgIpc) is 0.722. The Bertz CT molecular complexity index is 66.7. The maximum atomic E-state index is 8.55. The minimum Gasteiger partial charge on any atom is -0.822 e. The fraction of sp³-hybridized carbons (Fsp3) is 0. The van der Waals surface area contributed by atoms with Crippen LogP contribution in [0, 0.1) is 0 Å².